The molecule has 0 bridgehead atoms. The van der Waals surface area contributed by atoms with Gasteiger partial charge in [-0.25, -0.2) is 0 Å². The van der Waals surface area contributed by atoms with Gasteiger partial charge in [0.05, 0.1) is 6.10 Å². The van der Waals surface area contributed by atoms with Gasteiger partial charge in [-0.05, 0) is 36.5 Å². The Morgan fingerprint density at radius 1 is 1.25 bits per heavy atom. The fourth-order valence-corrected chi connectivity index (χ4v) is 3.12. The molecule has 0 aromatic heterocycles. The van der Waals surface area contributed by atoms with Crippen LogP contribution in [0.4, 0.5) is 0 Å². The second-order valence-corrected chi connectivity index (χ2v) is 5.90. The van der Waals surface area contributed by atoms with E-state index in [1.54, 1.807) is 0 Å². The predicted octanol–water partition coefficient (Wildman–Crippen LogP) is 2.62. The van der Waals surface area contributed by atoms with Crippen molar-refractivity contribution in [1.82, 2.24) is 5.32 Å². The van der Waals surface area contributed by atoms with Gasteiger partial charge in [0.1, 0.15) is 0 Å². The fourth-order valence-electron chi connectivity index (χ4n) is 3.12. The highest BCUT2D eigenvalue weighted by Crippen LogP contribution is 2.34. The summed E-state index contributed by atoms with van der Waals surface area (Å²) in [5.41, 5.74) is 0.880. The van der Waals surface area contributed by atoms with Crippen LogP contribution >= 0.6 is 0 Å². The standard InChI is InChI=1S/C16H23NO3/c1-11-4-2-3-5-13(11)17-9-14(18)12-6-7-15-16(8-12)20-10-19-15/h6-8,11,13-14,17-18H,2-5,9-10H2,1H3. The first kappa shape index (κ1) is 13.7. The Hall–Kier alpha value is -1.26. The van der Waals surface area contributed by atoms with Crippen LogP contribution in [0, 0.1) is 5.92 Å². The molecule has 2 aliphatic rings. The van der Waals surface area contributed by atoms with Crippen LogP contribution in [0.5, 0.6) is 11.5 Å². The highest BCUT2D eigenvalue weighted by Gasteiger charge is 2.22. The fraction of sp³-hybridized carbons (Fsp3) is 0.625. The van der Waals surface area contributed by atoms with Crippen LogP contribution in [0.2, 0.25) is 0 Å². The lowest BCUT2D eigenvalue weighted by Gasteiger charge is -2.30. The van der Waals surface area contributed by atoms with Crippen LogP contribution in [0.1, 0.15) is 44.3 Å². The van der Waals surface area contributed by atoms with Gasteiger partial charge in [0.15, 0.2) is 11.5 Å². The van der Waals surface area contributed by atoms with Crippen molar-refractivity contribution >= 4 is 0 Å². The number of rotatable bonds is 4. The number of benzene rings is 1. The lowest BCUT2D eigenvalue weighted by atomic mass is 9.86. The first-order valence-corrected chi connectivity index (χ1v) is 7.55. The van der Waals surface area contributed by atoms with E-state index in [-0.39, 0.29) is 6.79 Å². The zero-order valence-corrected chi connectivity index (χ0v) is 12.0. The van der Waals surface area contributed by atoms with Crippen molar-refractivity contribution in [3.63, 3.8) is 0 Å². The Balaban J connectivity index is 1.57. The van der Waals surface area contributed by atoms with Crippen molar-refractivity contribution in [2.75, 3.05) is 13.3 Å². The smallest absolute Gasteiger partial charge is 0.231 e. The van der Waals surface area contributed by atoms with E-state index in [1.807, 2.05) is 18.2 Å². The number of nitrogens with one attached hydrogen (secondary N) is 1. The van der Waals surface area contributed by atoms with Crippen LogP contribution < -0.4 is 14.8 Å². The second kappa shape index (κ2) is 6.02. The van der Waals surface area contributed by atoms with Crippen LogP contribution in [-0.2, 0) is 0 Å². The molecule has 1 fully saturated rings. The summed E-state index contributed by atoms with van der Waals surface area (Å²) in [5, 5.41) is 13.8. The largest absolute Gasteiger partial charge is 0.454 e. The molecule has 1 aromatic rings. The molecule has 1 heterocycles. The molecule has 1 saturated carbocycles. The predicted molar refractivity (Wildman–Crippen MR) is 76.9 cm³/mol. The first-order chi connectivity index (χ1) is 9.74. The third-order valence-corrected chi connectivity index (χ3v) is 4.47. The highest BCUT2D eigenvalue weighted by atomic mass is 16.7. The molecule has 0 spiro atoms. The van der Waals surface area contributed by atoms with Gasteiger partial charge in [-0.1, -0.05) is 25.8 Å². The van der Waals surface area contributed by atoms with E-state index < -0.39 is 6.10 Å². The number of hydrogen-bond donors (Lipinski definition) is 2. The van der Waals surface area contributed by atoms with E-state index in [4.69, 9.17) is 9.47 Å². The van der Waals surface area contributed by atoms with Gasteiger partial charge in [-0.3, -0.25) is 0 Å². The van der Waals surface area contributed by atoms with E-state index in [0.717, 1.165) is 17.1 Å². The van der Waals surface area contributed by atoms with Crippen molar-refractivity contribution in [3.8, 4) is 11.5 Å². The summed E-state index contributed by atoms with van der Waals surface area (Å²) in [4.78, 5) is 0. The minimum Gasteiger partial charge on any atom is -0.454 e. The molecule has 2 N–H and O–H groups in total. The van der Waals surface area contributed by atoms with Crippen LogP contribution in [-0.4, -0.2) is 24.5 Å². The summed E-state index contributed by atoms with van der Waals surface area (Å²) in [6.45, 7) is 3.16. The van der Waals surface area contributed by atoms with Gasteiger partial charge < -0.3 is 19.9 Å². The zero-order chi connectivity index (χ0) is 13.9. The highest BCUT2D eigenvalue weighted by molar-refractivity contribution is 5.45. The molecule has 1 aromatic carbocycles. The Morgan fingerprint density at radius 2 is 2.05 bits per heavy atom. The van der Waals surface area contributed by atoms with Crippen molar-refractivity contribution in [3.05, 3.63) is 23.8 Å². The summed E-state index contributed by atoms with van der Waals surface area (Å²) in [6, 6.07) is 6.18. The molecule has 3 atom stereocenters. The molecule has 4 nitrogen and oxygen atoms in total. The van der Waals surface area contributed by atoms with Gasteiger partial charge in [0.25, 0.3) is 0 Å². The van der Waals surface area contributed by atoms with Crippen molar-refractivity contribution in [1.29, 1.82) is 0 Å². The Bertz CT molecular complexity index is 463. The molecular formula is C16H23NO3. The molecule has 110 valence electrons. The van der Waals surface area contributed by atoms with Gasteiger partial charge in [0.2, 0.25) is 6.79 Å². The maximum absolute atomic E-state index is 10.3. The molecule has 0 saturated heterocycles. The number of aliphatic hydroxyl groups is 1. The normalized spacial score (nSPS) is 26.5. The summed E-state index contributed by atoms with van der Waals surface area (Å²) in [7, 11) is 0. The molecule has 3 unspecified atom stereocenters. The number of aliphatic hydroxyl groups excluding tert-OH is 1. The zero-order valence-electron chi connectivity index (χ0n) is 12.0. The molecule has 1 aliphatic carbocycles. The molecule has 0 amide bonds. The monoisotopic (exact) mass is 277 g/mol. The van der Waals surface area contributed by atoms with E-state index in [9.17, 15) is 5.11 Å². The lowest BCUT2D eigenvalue weighted by molar-refractivity contribution is 0.156. The molecular weight excluding hydrogens is 254 g/mol. The van der Waals surface area contributed by atoms with Crippen molar-refractivity contribution in [2.24, 2.45) is 5.92 Å². The summed E-state index contributed by atoms with van der Waals surface area (Å²) in [5.74, 6) is 2.19. The molecule has 3 rings (SSSR count). The van der Waals surface area contributed by atoms with Crippen molar-refractivity contribution < 1.29 is 14.6 Å². The van der Waals surface area contributed by atoms with Gasteiger partial charge in [-0.15, -0.1) is 0 Å². The molecule has 0 radical (unpaired) electrons. The third-order valence-electron chi connectivity index (χ3n) is 4.47. The Labute approximate surface area is 120 Å². The molecule has 1 aliphatic heterocycles. The first-order valence-electron chi connectivity index (χ1n) is 7.55. The number of hydrogen-bond acceptors (Lipinski definition) is 4. The summed E-state index contributed by atoms with van der Waals surface area (Å²) in [6.07, 6.45) is 4.64. The topological polar surface area (TPSA) is 50.7 Å². The maximum atomic E-state index is 10.3. The minimum absolute atomic E-state index is 0.271. The summed E-state index contributed by atoms with van der Waals surface area (Å²) < 4.78 is 10.6. The van der Waals surface area contributed by atoms with Crippen molar-refractivity contribution in [2.45, 2.75) is 44.8 Å². The molecule has 20 heavy (non-hydrogen) atoms. The lowest BCUT2D eigenvalue weighted by Crippen LogP contribution is -2.39. The maximum Gasteiger partial charge on any atom is 0.231 e. The van der Waals surface area contributed by atoms with Crippen LogP contribution in [0.3, 0.4) is 0 Å². The van der Waals surface area contributed by atoms with Crippen LogP contribution in [0.25, 0.3) is 0 Å². The van der Waals surface area contributed by atoms with Gasteiger partial charge >= 0.3 is 0 Å². The Morgan fingerprint density at radius 3 is 2.90 bits per heavy atom. The van der Waals surface area contributed by atoms with Gasteiger partial charge in [0, 0.05) is 12.6 Å². The second-order valence-electron chi connectivity index (χ2n) is 5.90. The van der Waals surface area contributed by atoms with Crippen LogP contribution in [0.15, 0.2) is 18.2 Å². The van der Waals surface area contributed by atoms with E-state index >= 15 is 0 Å². The van der Waals surface area contributed by atoms with E-state index in [0.29, 0.717) is 18.5 Å². The minimum atomic E-state index is -0.501. The number of fused-ring (bicyclic) bond motifs is 1. The van der Waals surface area contributed by atoms with Gasteiger partial charge in [-0.2, -0.15) is 0 Å². The van der Waals surface area contributed by atoms with E-state index in [2.05, 4.69) is 12.2 Å². The number of ether oxygens (including phenoxy) is 2. The Kier molecular flexibility index (Phi) is 4.13. The van der Waals surface area contributed by atoms with E-state index in [1.165, 1.54) is 25.7 Å². The average molecular weight is 277 g/mol. The SMILES string of the molecule is CC1CCCCC1NCC(O)c1ccc2c(c1)OCO2. The summed E-state index contributed by atoms with van der Waals surface area (Å²) >= 11 is 0. The average Bonchev–Trinajstić information content (AvgIpc) is 2.93. The third kappa shape index (κ3) is 2.91. The molecule has 4 heteroatoms. The quantitative estimate of drug-likeness (QED) is 0.888.